The first-order chi connectivity index (χ1) is 15.3. The molecule has 2 fully saturated rings. The molecule has 1 saturated carbocycles. The number of rotatable bonds is 5. The van der Waals surface area contributed by atoms with Crippen LogP contribution in [0.1, 0.15) is 57.2 Å². The third kappa shape index (κ3) is 5.37. The average Bonchev–Trinajstić information content (AvgIpc) is 3.22. The van der Waals surface area contributed by atoms with E-state index in [-0.39, 0.29) is 11.2 Å². The number of aryl methyl sites for hydroxylation is 1. The third-order valence-corrected chi connectivity index (χ3v) is 7.11. The Morgan fingerprint density at radius 3 is 2.44 bits per heavy atom. The van der Waals surface area contributed by atoms with E-state index in [2.05, 4.69) is 40.4 Å². The first kappa shape index (κ1) is 22.9. The summed E-state index contributed by atoms with van der Waals surface area (Å²) in [4.78, 5) is 11.7. The Labute approximate surface area is 196 Å². The molecule has 0 unspecified atom stereocenters. The van der Waals surface area contributed by atoms with Gasteiger partial charge in [-0.3, -0.25) is 0 Å². The fourth-order valence-corrected chi connectivity index (χ4v) is 5.60. The van der Waals surface area contributed by atoms with Crippen molar-refractivity contribution < 1.29 is 4.39 Å². The molecule has 0 radical (unpaired) electrons. The summed E-state index contributed by atoms with van der Waals surface area (Å²) in [5.41, 5.74) is 2.08. The van der Waals surface area contributed by atoms with Crippen LogP contribution in [-0.2, 0) is 5.41 Å². The minimum atomic E-state index is -0.197. The standard InChI is InChI=1S/C25H34FN5S/c1-17-12-18(2)15-31(14-17)22-13-19(3)28-23(29-22)30-24(32)27-16-25(10-4-5-11-25)20-6-8-21(26)9-7-20/h6-9,13,17-18H,4-5,10-12,14-16H2,1-3H3,(H2,27,28,29,30,32)/t17-,18+. The first-order valence-corrected chi connectivity index (χ1v) is 12.2. The number of benzene rings is 1. The second-order valence-corrected chi connectivity index (χ2v) is 10.3. The minimum Gasteiger partial charge on any atom is -0.361 e. The fourth-order valence-electron chi connectivity index (χ4n) is 5.44. The Bertz CT molecular complexity index is 932. The van der Waals surface area contributed by atoms with Crippen molar-refractivity contribution in [3.63, 3.8) is 0 Å². The van der Waals surface area contributed by atoms with Gasteiger partial charge in [0.25, 0.3) is 0 Å². The van der Waals surface area contributed by atoms with Crippen molar-refractivity contribution in [2.75, 3.05) is 29.9 Å². The molecular formula is C25H34FN5S. The van der Waals surface area contributed by atoms with E-state index in [0.717, 1.165) is 37.4 Å². The molecule has 2 heterocycles. The highest BCUT2D eigenvalue weighted by molar-refractivity contribution is 7.80. The molecule has 0 bridgehead atoms. The Kier molecular flexibility index (Phi) is 6.93. The first-order valence-electron chi connectivity index (χ1n) is 11.7. The molecule has 2 atom stereocenters. The van der Waals surface area contributed by atoms with E-state index >= 15 is 0 Å². The van der Waals surface area contributed by atoms with Crippen LogP contribution < -0.4 is 15.5 Å². The molecule has 7 heteroatoms. The van der Waals surface area contributed by atoms with Crippen LogP contribution in [0.4, 0.5) is 16.2 Å². The molecule has 2 aromatic rings. The highest BCUT2D eigenvalue weighted by Crippen LogP contribution is 2.40. The predicted molar refractivity (Wildman–Crippen MR) is 133 cm³/mol. The van der Waals surface area contributed by atoms with E-state index in [4.69, 9.17) is 17.2 Å². The van der Waals surface area contributed by atoms with E-state index in [1.165, 1.54) is 24.8 Å². The molecule has 0 spiro atoms. The molecule has 1 saturated heterocycles. The molecule has 5 nitrogen and oxygen atoms in total. The summed E-state index contributed by atoms with van der Waals surface area (Å²) in [5.74, 6) is 2.60. The second-order valence-electron chi connectivity index (χ2n) is 9.84. The summed E-state index contributed by atoms with van der Waals surface area (Å²) in [6, 6.07) is 8.98. The lowest BCUT2D eigenvalue weighted by Gasteiger charge is -2.36. The van der Waals surface area contributed by atoms with Gasteiger partial charge in [0.2, 0.25) is 5.95 Å². The van der Waals surface area contributed by atoms with Crippen LogP contribution >= 0.6 is 12.2 Å². The van der Waals surface area contributed by atoms with Gasteiger partial charge in [-0.2, -0.15) is 4.98 Å². The highest BCUT2D eigenvalue weighted by Gasteiger charge is 2.35. The van der Waals surface area contributed by atoms with Crippen molar-refractivity contribution in [2.45, 2.75) is 58.3 Å². The fraction of sp³-hybridized carbons (Fsp3) is 0.560. The Hall–Kier alpha value is -2.28. The van der Waals surface area contributed by atoms with Crippen molar-refractivity contribution in [1.82, 2.24) is 15.3 Å². The van der Waals surface area contributed by atoms with Crippen LogP contribution in [0.3, 0.4) is 0 Å². The molecule has 1 aromatic carbocycles. The topological polar surface area (TPSA) is 53.1 Å². The predicted octanol–water partition coefficient (Wildman–Crippen LogP) is 5.20. The normalized spacial score (nSPS) is 22.6. The summed E-state index contributed by atoms with van der Waals surface area (Å²) < 4.78 is 13.4. The highest BCUT2D eigenvalue weighted by atomic mass is 32.1. The van der Waals surface area contributed by atoms with Gasteiger partial charge in [-0.15, -0.1) is 0 Å². The molecule has 172 valence electrons. The summed E-state index contributed by atoms with van der Waals surface area (Å²) in [7, 11) is 0. The van der Waals surface area contributed by atoms with Gasteiger partial charge in [-0.05, 0) is 67.9 Å². The van der Waals surface area contributed by atoms with Crippen molar-refractivity contribution in [3.05, 3.63) is 47.4 Å². The van der Waals surface area contributed by atoms with Crippen molar-refractivity contribution >= 4 is 29.1 Å². The van der Waals surface area contributed by atoms with Crippen LogP contribution in [0.2, 0.25) is 0 Å². The molecular weight excluding hydrogens is 421 g/mol. The quantitative estimate of drug-likeness (QED) is 0.604. The van der Waals surface area contributed by atoms with E-state index in [1.54, 1.807) is 12.1 Å². The number of thiocarbonyl (C=S) groups is 1. The molecule has 2 N–H and O–H groups in total. The Morgan fingerprint density at radius 2 is 1.78 bits per heavy atom. The SMILES string of the molecule is Cc1cc(N2C[C@H](C)C[C@H](C)C2)nc(NC(=S)NCC2(c3ccc(F)cc3)CCCC2)n1. The molecule has 32 heavy (non-hydrogen) atoms. The molecule has 4 rings (SSSR count). The van der Waals surface area contributed by atoms with Gasteiger partial charge in [-0.1, -0.05) is 38.8 Å². The Morgan fingerprint density at radius 1 is 1.12 bits per heavy atom. The van der Waals surface area contributed by atoms with E-state index in [0.29, 0.717) is 29.4 Å². The number of hydrogen-bond donors (Lipinski definition) is 2. The number of aromatic nitrogens is 2. The molecule has 1 aliphatic heterocycles. The van der Waals surface area contributed by atoms with Crippen molar-refractivity contribution in [1.29, 1.82) is 0 Å². The van der Waals surface area contributed by atoms with Crippen LogP contribution in [0.15, 0.2) is 30.3 Å². The molecule has 2 aliphatic rings. The lowest BCUT2D eigenvalue weighted by molar-refractivity contribution is 0.355. The number of nitrogens with zero attached hydrogens (tertiary/aromatic N) is 3. The maximum atomic E-state index is 13.4. The number of anilines is 2. The average molecular weight is 456 g/mol. The number of halogens is 1. The summed E-state index contributed by atoms with van der Waals surface area (Å²) >= 11 is 5.60. The van der Waals surface area contributed by atoms with Crippen LogP contribution in [0.25, 0.3) is 0 Å². The van der Waals surface area contributed by atoms with Crippen LogP contribution in [-0.4, -0.2) is 34.7 Å². The van der Waals surface area contributed by atoms with Crippen molar-refractivity contribution in [3.8, 4) is 0 Å². The zero-order valence-electron chi connectivity index (χ0n) is 19.3. The lowest BCUT2D eigenvalue weighted by Crippen LogP contribution is -2.41. The minimum absolute atomic E-state index is 0.0157. The van der Waals surface area contributed by atoms with Gasteiger partial charge in [0.15, 0.2) is 5.11 Å². The smallest absolute Gasteiger partial charge is 0.231 e. The number of piperidine rings is 1. The second kappa shape index (κ2) is 9.69. The van der Waals surface area contributed by atoms with Crippen molar-refractivity contribution in [2.24, 2.45) is 11.8 Å². The van der Waals surface area contributed by atoms with Crippen LogP contribution in [0, 0.1) is 24.6 Å². The summed E-state index contributed by atoms with van der Waals surface area (Å²) in [6.45, 7) is 9.34. The number of hydrogen-bond acceptors (Lipinski definition) is 4. The van der Waals surface area contributed by atoms with Gasteiger partial charge >= 0.3 is 0 Å². The largest absolute Gasteiger partial charge is 0.361 e. The van der Waals surface area contributed by atoms with Gasteiger partial charge in [-0.25, -0.2) is 9.37 Å². The zero-order valence-corrected chi connectivity index (χ0v) is 20.1. The maximum Gasteiger partial charge on any atom is 0.231 e. The third-order valence-electron chi connectivity index (χ3n) is 6.86. The van der Waals surface area contributed by atoms with E-state index in [9.17, 15) is 4.39 Å². The monoisotopic (exact) mass is 455 g/mol. The molecule has 1 aromatic heterocycles. The van der Waals surface area contributed by atoms with Gasteiger partial charge in [0.05, 0.1) is 0 Å². The molecule has 1 aliphatic carbocycles. The van der Waals surface area contributed by atoms with Gasteiger partial charge < -0.3 is 15.5 Å². The van der Waals surface area contributed by atoms with Crippen LogP contribution in [0.5, 0.6) is 0 Å². The zero-order chi connectivity index (χ0) is 22.7. The van der Waals surface area contributed by atoms with Gasteiger partial charge in [0, 0.05) is 36.8 Å². The lowest BCUT2D eigenvalue weighted by atomic mass is 9.79. The summed E-state index contributed by atoms with van der Waals surface area (Å²) in [5, 5.41) is 7.11. The van der Waals surface area contributed by atoms with E-state index < -0.39 is 0 Å². The maximum absolute atomic E-state index is 13.4. The summed E-state index contributed by atoms with van der Waals surface area (Å²) in [6.07, 6.45) is 5.76. The van der Waals surface area contributed by atoms with Gasteiger partial charge in [0.1, 0.15) is 11.6 Å². The van der Waals surface area contributed by atoms with E-state index in [1.807, 2.05) is 19.1 Å². The number of nitrogens with one attached hydrogen (secondary N) is 2. The Balaban J connectivity index is 1.42. The molecule has 0 amide bonds.